The van der Waals surface area contributed by atoms with Crippen LogP contribution in [0.2, 0.25) is 0 Å². The molecule has 5 heteroatoms. The van der Waals surface area contributed by atoms with Gasteiger partial charge in [0.25, 0.3) is 0 Å². The third-order valence-corrected chi connectivity index (χ3v) is 3.27. The molecular formula is C15H22N2O3. The lowest BCUT2D eigenvalue weighted by Gasteiger charge is -2.18. The van der Waals surface area contributed by atoms with Gasteiger partial charge >= 0.3 is 5.97 Å². The van der Waals surface area contributed by atoms with Gasteiger partial charge in [0.15, 0.2) is 0 Å². The summed E-state index contributed by atoms with van der Waals surface area (Å²) in [5.74, 6) is -1.73. The Hall–Kier alpha value is -1.88. The maximum atomic E-state index is 11.8. The molecule has 0 spiro atoms. The smallest absolute Gasteiger partial charge is 0.308 e. The highest BCUT2D eigenvalue weighted by molar-refractivity contribution is 5.78. The van der Waals surface area contributed by atoms with Crippen LogP contribution in [0.1, 0.15) is 31.9 Å². The molecule has 2 unspecified atom stereocenters. The van der Waals surface area contributed by atoms with Crippen molar-refractivity contribution in [2.45, 2.75) is 26.3 Å². The minimum absolute atomic E-state index is 0.0319. The monoisotopic (exact) mass is 278 g/mol. The van der Waals surface area contributed by atoms with Crippen LogP contribution in [-0.2, 0) is 9.59 Å². The topological polar surface area (TPSA) is 92.4 Å². The normalized spacial score (nSPS) is 13.8. The number of rotatable bonds is 7. The Morgan fingerprint density at radius 3 is 2.35 bits per heavy atom. The van der Waals surface area contributed by atoms with Gasteiger partial charge in [0, 0.05) is 19.0 Å². The fourth-order valence-electron chi connectivity index (χ4n) is 1.92. The molecule has 2 atom stereocenters. The molecule has 0 saturated carbocycles. The number of nitrogens with two attached hydrogens (primary N) is 1. The van der Waals surface area contributed by atoms with Crippen LogP contribution in [-0.4, -0.2) is 23.5 Å². The molecule has 5 nitrogen and oxygen atoms in total. The first-order valence-corrected chi connectivity index (χ1v) is 6.71. The first-order chi connectivity index (χ1) is 9.41. The summed E-state index contributed by atoms with van der Waals surface area (Å²) in [5, 5.41) is 11.7. The summed E-state index contributed by atoms with van der Waals surface area (Å²) in [6.45, 7) is 3.77. The van der Waals surface area contributed by atoms with Crippen molar-refractivity contribution in [1.29, 1.82) is 0 Å². The molecule has 0 fully saturated rings. The first-order valence-electron chi connectivity index (χ1n) is 6.71. The van der Waals surface area contributed by atoms with Crippen molar-refractivity contribution < 1.29 is 14.7 Å². The number of amides is 1. The fourth-order valence-corrected chi connectivity index (χ4v) is 1.92. The Labute approximate surface area is 119 Å². The van der Waals surface area contributed by atoms with E-state index in [1.54, 1.807) is 0 Å². The summed E-state index contributed by atoms with van der Waals surface area (Å²) in [6.07, 6.45) is 0.147. The third-order valence-electron chi connectivity index (χ3n) is 3.27. The number of hydrogen-bond acceptors (Lipinski definition) is 3. The number of hydrogen-bond donors (Lipinski definition) is 3. The lowest BCUT2D eigenvalue weighted by Crippen LogP contribution is -2.36. The van der Waals surface area contributed by atoms with Crippen LogP contribution in [0.15, 0.2) is 30.3 Å². The van der Waals surface area contributed by atoms with E-state index in [1.807, 2.05) is 44.2 Å². The van der Waals surface area contributed by atoms with Gasteiger partial charge in [-0.3, -0.25) is 9.59 Å². The first kappa shape index (κ1) is 16.2. The number of benzene rings is 1. The van der Waals surface area contributed by atoms with Gasteiger partial charge in [-0.05, 0) is 11.5 Å². The highest BCUT2D eigenvalue weighted by Crippen LogP contribution is 2.14. The minimum atomic E-state index is -0.896. The van der Waals surface area contributed by atoms with E-state index >= 15 is 0 Å². The molecule has 1 aromatic rings. The zero-order valence-corrected chi connectivity index (χ0v) is 11.9. The van der Waals surface area contributed by atoms with Gasteiger partial charge in [0.2, 0.25) is 5.91 Å². The average Bonchev–Trinajstić information content (AvgIpc) is 2.39. The van der Waals surface area contributed by atoms with E-state index in [-0.39, 0.29) is 30.8 Å². The number of nitrogens with one attached hydrogen (secondary N) is 1. The Balaban J connectivity index is 2.46. The molecule has 0 radical (unpaired) electrons. The minimum Gasteiger partial charge on any atom is -0.481 e. The predicted octanol–water partition coefficient (Wildman–Crippen LogP) is 1.55. The van der Waals surface area contributed by atoms with Crippen molar-refractivity contribution in [3.05, 3.63) is 35.9 Å². The van der Waals surface area contributed by atoms with Crippen LogP contribution in [0.25, 0.3) is 0 Å². The standard InChI is InChI=1S/C15H22N2O3/c1-10(2)12(15(19)20)9-17-14(18)8-13(16)11-6-4-3-5-7-11/h3-7,10,12-13H,8-9,16H2,1-2H3,(H,17,18)(H,19,20). The van der Waals surface area contributed by atoms with E-state index in [4.69, 9.17) is 10.8 Å². The Morgan fingerprint density at radius 1 is 1.25 bits per heavy atom. The summed E-state index contributed by atoms with van der Waals surface area (Å²) >= 11 is 0. The molecular weight excluding hydrogens is 256 g/mol. The SMILES string of the molecule is CC(C)C(CNC(=O)CC(N)c1ccccc1)C(=O)O. The molecule has 0 aromatic heterocycles. The zero-order valence-electron chi connectivity index (χ0n) is 11.9. The highest BCUT2D eigenvalue weighted by Gasteiger charge is 2.22. The second-order valence-electron chi connectivity index (χ2n) is 5.21. The van der Waals surface area contributed by atoms with Crippen LogP contribution in [0.3, 0.4) is 0 Å². The lowest BCUT2D eigenvalue weighted by atomic mass is 9.96. The van der Waals surface area contributed by atoms with Crippen LogP contribution in [0, 0.1) is 11.8 Å². The largest absolute Gasteiger partial charge is 0.481 e. The van der Waals surface area contributed by atoms with Gasteiger partial charge in [0.05, 0.1) is 5.92 Å². The van der Waals surface area contributed by atoms with Crippen molar-refractivity contribution in [1.82, 2.24) is 5.32 Å². The predicted molar refractivity (Wildman–Crippen MR) is 77.0 cm³/mol. The maximum Gasteiger partial charge on any atom is 0.308 e. The number of aliphatic carboxylic acids is 1. The Bertz CT molecular complexity index is 446. The van der Waals surface area contributed by atoms with Crippen LogP contribution >= 0.6 is 0 Å². The van der Waals surface area contributed by atoms with Crippen LogP contribution in [0.4, 0.5) is 0 Å². The van der Waals surface area contributed by atoms with E-state index in [2.05, 4.69) is 5.32 Å². The molecule has 0 aliphatic rings. The Kier molecular flexibility index (Phi) is 6.18. The fraction of sp³-hybridized carbons (Fsp3) is 0.467. The summed E-state index contributed by atoms with van der Waals surface area (Å²) < 4.78 is 0. The molecule has 4 N–H and O–H groups in total. The summed E-state index contributed by atoms with van der Waals surface area (Å²) in [7, 11) is 0. The van der Waals surface area contributed by atoms with Crippen molar-refractivity contribution in [3.63, 3.8) is 0 Å². The van der Waals surface area contributed by atoms with Gasteiger partial charge in [0.1, 0.15) is 0 Å². The second kappa shape index (κ2) is 7.65. The van der Waals surface area contributed by atoms with Crippen LogP contribution < -0.4 is 11.1 Å². The van der Waals surface area contributed by atoms with Gasteiger partial charge in [-0.25, -0.2) is 0 Å². The lowest BCUT2D eigenvalue weighted by molar-refractivity contribution is -0.143. The number of carbonyl (C=O) groups is 2. The van der Waals surface area contributed by atoms with Crippen molar-refractivity contribution in [2.24, 2.45) is 17.6 Å². The third kappa shape index (κ3) is 5.01. The number of carbonyl (C=O) groups excluding carboxylic acids is 1. The molecule has 0 bridgehead atoms. The molecule has 0 aliphatic heterocycles. The maximum absolute atomic E-state index is 11.8. The second-order valence-corrected chi connectivity index (χ2v) is 5.21. The highest BCUT2D eigenvalue weighted by atomic mass is 16.4. The van der Waals surface area contributed by atoms with E-state index < -0.39 is 11.9 Å². The van der Waals surface area contributed by atoms with Gasteiger partial charge in [-0.2, -0.15) is 0 Å². The molecule has 0 aliphatic carbocycles. The zero-order chi connectivity index (χ0) is 15.1. The van der Waals surface area contributed by atoms with Crippen molar-refractivity contribution in [3.8, 4) is 0 Å². The molecule has 1 amide bonds. The van der Waals surface area contributed by atoms with E-state index in [1.165, 1.54) is 0 Å². The molecule has 20 heavy (non-hydrogen) atoms. The molecule has 110 valence electrons. The van der Waals surface area contributed by atoms with Gasteiger partial charge in [-0.15, -0.1) is 0 Å². The van der Waals surface area contributed by atoms with Crippen LogP contribution in [0.5, 0.6) is 0 Å². The summed E-state index contributed by atoms with van der Waals surface area (Å²) in [6, 6.07) is 8.98. The average molecular weight is 278 g/mol. The molecule has 0 saturated heterocycles. The molecule has 0 heterocycles. The molecule has 1 aromatic carbocycles. The Morgan fingerprint density at radius 2 is 1.85 bits per heavy atom. The van der Waals surface area contributed by atoms with Crippen molar-refractivity contribution >= 4 is 11.9 Å². The number of carboxylic acids is 1. The van der Waals surface area contributed by atoms with Gasteiger partial charge in [-0.1, -0.05) is 44.2 Å². The van der Waals surface area contributed by atoms with Gasteiger partial charge < -0.3 is 16.2 Å². The molecule has 1 rings (SSSR count). The van der Waals surface area contributed by atoms with E-state index in [0.717, 1.165) is 5.56 Å². The summed E-state index contributed by atoms with van der Waals surface area (Å²) in [4.78, 5) is 22.8. The van der Waals surface area contributed by atoms with E-state index in [9.17, 15) is 9.59 Å². The van der Waals surface area contributed by atoms with E-state index in [0.29, 0.717) is 0 Å². The quantitative estimate of drug-likeness (QED) is 0.705. The summed E-state index contributed by atoms with van der Waals surface area (Å²) in [5.41, 5.74) is 6.83. The van der Waals surface area contributed by atoms with Crippen molar-refractivity contribution in [2.75, 3.05) is 6.54 Å². The number of carboxylic acid groups (broad SMARTS) is 1.